The molecule has 0 heterocycles. The van der Waals surface area contributed by atoms with Gasteiger partial charge in [0.1, 0.15) is 0 Å². The molecular formula is C11H10O4. The van der Waals surface area contributed by atoms with E-state index in [1.54, 1.807) is 18.2 Å². The van der Waals surface area contributed by atoms with E-state index in [0.29, 0.717) is 17.1 Å². The molecule has 0 unspecified atom stereocenters. The van der Waals surface area contributed by atoms with Crippen molar-refractivity contribution >= 4 is 5.97 Å². The molecular weight excluding hydrogens is 196 g/mol. The molecule has 1 rings (SSSR count). The fourth-order valence-corrected chi connectivity index (χ4v) is 1.11. The number of benzene rings is 1. The molecule has 0 aliphatic carbocycles. The van der Waals surface area contributed by atoms with Crippen LogP contribution in [-0.4, -0.2) is 25.3 Å². The van der Waals surface area contributed by atoms with Crippen LogP contribution < -0.4 is 9.47 Å². The van der Waals surface area contributed by atoms with Gasteiger partial charge in [-0.05, 0) is 12.1 Å². The number of hydrogen-bond acceptors (Lipinski definition) is 3. The van der Waals surface area contributed by atoms with Gasteiger partial charge in [0, 0.05) is 5.92 Å². The number of carboxylic acid groups (broad SMARTS) is 1. The van der Waals surface area contributed by atoms with E-state index in [0.717, 1.165) is 0 Å². The molecule has 4 nitrogen and oxygen atoms in total. The summed E-state index contributed by atoms with van der Waals surface area (Å²) in [5, 5.41) is 8.42. The summed E-state index contributed by atoms with van der Waals surface area (Å²) >= 11 is 0. The van der Waals surface area contributed by atoms with Crippen LogP contribution in [0.4, 0.5) is 0 Å². The number of rotatable bonds is 2. The predicted molar refractivity (Wildman–Crippen MR) is 54.1 cm³/mol. The zero-order chi connectivity index (χ0) is 11.3. The number of carbonyl (C=O) groups is 1. The molecule has 0 fully saturated rings. The van der Waals surface area contributed by atoms with E-state index >= 15 is 0 Å². The second-order valence-corrected chi connectivity index (χ2v) is 2.60. The standard InChI is InChI=1S/C11H10O4/c1-14-9-5-3-4-8(11(9)15-2)6-7-10(12)13/h3-5H,1-2H3,(H,12,13). The van der Waals surface area contributed by atoms with E-state index in [4.69, 9.17) is 14.6 Å². The second kappa shape index (κ2) is 4.91. The van der Waals surface area contributed by atoms with Crippen molar-refractivity contribution in [3.63, 3.8) is 0 Å². The first-order valence-electron chi connectivity index (χ1n) is 4.15. The zero-order valence-corrected chi connectivity index (χ0v) is 8.40. The maximum absolute atomic E-state index is 10.3. The Bertz CT molecular complexity index is 426. The average molecular weight is 206 g/mol. The van der Waals surface area contributed by atoms with Crippen molar-refractivity contribution < 1.29 is 19.4 Å². The van der Waals surface area contributed by atoms with Crippen molar-refractivity contribution in [3.05, 3.63) is 23.8 Å². The minimum absolute atomic E-state index is 0.439. The molecule has 15 heavy (non-hydrogen) atoms. The predicted octanol–water partition coefficient (Wildman–Crippen LogP) is 1.14. The Morgan fingerprint density at radius 1 is 1.33 bits per heavy atom. The van der Waals surface area contributed by atoms with Gasteiger partial charge in [-0.25, -0.2) is 4.79 Å². The van der Waals surface area contributed by atoms with Gasteiger partial charge >= 0.3 is 5.97 Å². The van der Waals surface area contributed by atoms with Gasteiger partial charge in [-0.2, -0.15) is 0 Å². The summed E-state index contributed by atoms with van der Waals surface area (Å²) in [6.45, 7) is 0. The van der Waals surface area contributed by atoms with Gasteiger partial charge < -0.3 is 14.6 Å². The van der Waals surface area contributed by atoms with Crippen LogP contribution in [-0.2, 0) is 4.79 Å². The molecule has 0 radical (unpaired) electrons. The topological polar surface area (TPSA) is 55.8 Å². The van der Waals surface area contributed by atoms with Gasteiger partial charge in [0.15, 0.2) is 11.5 Å². The highest BCUT2D eigenvalue weighted by Crippen LogP contribution is 2.29. The summed E-state index contributed by atoms with van der Waals surface area (Å²) in [4.78, 5) is 10.3. The first kappa shape index (κ1) is 10.9. The molecule has 0 spiro atoms. The molecule has 0 aliphatic rings. The Balaban J connectivity index is 3.19. The van der Waals surface area contributed by atoms with Crippen LogP contribution in [0.3, 0.4) is 0 Å². The fourth-order valence-electron chi connectivity index (χ4n) is 1.11. The Morgan fingerprint density at radius 2 is 2.07 bits per heavy atom. The molecule has 0 saturated carbocycles. The second-order valence-electron chi connectivity index (χ2n) is 2.60. The van der Waals surface area contributed by atoms with Crippen LogP contribution >= 0.6 is 0 Å². The Morgan fingerprint density at radius 3 is 2.60 bits per heavy atom. The Hall–Kier alpha value is -2.15. The molecule has 1 aromatic carbocycles. The van der Waals surface area contributed by atoms with Crippen molar-refractivity contribution in [3.8, 4) is 23.3 Å². The van der Waals surface area contributed by atoms with Crippen LogP contribution in [0.2, 0.25) is 0 Å². The maximum atomic E-state index is 10.3. The lowest BCUT2D eigenvalue weighted by atomic mass is 10.2. The van der Waals surface area contributed by atoms with E-state index < -0.39 is 5.97 Å². The first-order valence-corrected chi connectivity index (χ1v) is 4.15. The van der Waals surface area contributed by atoms with Crippen LogP contribution in [0.15, 0.2) is 18.2 Å². The van der Waals surface area contributed by atoms with Crippen LogP contribution in [0.5, 0.6) is 11.5 Å². The summed E-state index contributed by atoms with van der Waals surface area (Å²) in [6, 6.07) is 5.09. The molecule has 0 atom stereocenters. The maximum Gasteiger partial charge on any atom is 0.382 e. The monoisotopic (exact) mass is 206 g/mol. The van der Waals surface area contributed by atoms with Crippen molar-refractivity contribution in [1.82, 2.24) is 0 Å². The third-order valence-electron chi connectivity index (χ3n) is 1.71. The van der Waals surface area contributed by atoms with Crippen molar-refractivity contribution in [2.24, 2.45) is 0 Å². The molecule has 1 aromatic rings. The van der Waals surface area contributed by atoms with E-state index in [2.05, 4.69) is 5.92 Å². The van der Waals surface area contributed by atoms with Gasteiger partial charge in [-0.1, -0.05) is 12.0 Å². The van der Waals surface area contributed by atoms with E-state index in [-0.39, 0.29) is 0 Å². The third-order valence-corrected chi connectivity index (χ3v) is 1.71. The van der Waals surface area contributed by atoms with Crippen molar-refractivity contribution in [2.45, 2.75) is 0 Å². The summed E-state index contributed by atoms with van der Waals surface area (Å²) in [7, 11) is 2.98. The Kier molecular flexibility index (Phi) is 3.58. The van der Waals surface area contributed by atoms with Gasteiger partial charge in [-0.15, -0.1) is 0 Å². The van der Waals surface area contributed by atoms with Gasteiger partial charge in [-0.3, -0.25) is 0 Å². The molecule has 78 valence electrons. The van der Waals surface area contributed by atoms with Crippen molar-refractivity contribution in [1.29, 1.82) is 0 Å². The van der Waals surface area contributed by atoms with Crippen LogP contribution in [0, 0.1) is 11.8 Å². The number of aliphatic carboxylic acids is 1. The average Bonchev–Trinajstić information content (AvgIpc) is 2.25. The number of hydrogen-bond donors (Lipinski definition) is 1. The molecule has 0 amide bonds. The van der Waals surface area contributed by atoms with E-state index in [9.17, 15) is 4.79 Å². The summed E-state index contributed by atoms with van der Waals surface area (Å²) in [5.74, 6) is 4.28. The molecule has 0 aromatic heterocycles. The van der Waals surface area contributed by atoms with Gasteiger partial charge in [0.2, 0.25) is 0 Å². The first-order chi connectivity index (χ1) is 7.19. The highest BCUT2D eigenvalue weighted by Gasteiger charge is 2.06. The SMILES string of the molecule is COc1cccc(C#CC(=O)O)c1OC. The number of methoxy groups -OCH3 is 2. The molecule has 0 saturated heterocycles. The fraction of sp³-hybridized carbons (Fsp3) is 0.182. The lowest BCUT2D eigenvalue weighted by Crippen LogP contribution is -1.94. The molecule has 4 heteroatoms. The van der Waals surface area contributed by atoms with Crippen LogP contribution in [0.25, 0.3) is 0 Å². The summed E-state index contributed by atoms with van der Waals surface area (Å²) in [6.07, 6.45) is 0. The smallest absolute Gasteiger partial charge is 0.382 e. The number of ether oxygens (including phenoxy) is 2. The van der Waals surface area contributed by atoms with Crippen molar-refractivity contribution in [2.75, 3.05) is 14.2 Å². The van der Waals surface area contributed by atoms with Gasteiger partial charge in [0.25, 0.3) is 0 Å². The molecule has 0 bridgehead atoms. The van der Waals surface area contributed by atoms with E-state index in [1.807, 2.05) is 5.92 Å². The number of carboxylic acids is 1. The summed E-state index contributed by atoms with van der Waals surface area (Å²) < 4.78 is 10.1. The van der Waals surface area contributed by atoms with E-state index in [1.165, 1.54) is 14.2 Å². The number of para-hydroxylation sites is 1. The normalized spacial score (nSPS) is 8.67. The Labute approximate surface area is 87.4 Å². The largest absolute Gasteiger partial charge is 0.493 e. The zero-order valence-electron chi connectivity index (χ0n) is 8.40. The van der Waals surface area contributed by atoms with Gasteiger partial charge in [0.05, 0.1) is 19.8 Å². The summed E-state index contributed by atoms with van der Waals surface area (Å²) in [5.41, 5.74) is 0.485. The minimum atomic E-state index is -1.18. The third kappa shape index (κ3) is 2.64. The minimum Gasteiger partial charge on any atom is -0.493 e. The molecule has 1 N–H and O–H groups in total. The quantitative estimate of drug-likeness (QED) is 0.737. The molecule has 0 aliphatic heterocycles. The van der Waals surface area contributed by atoms with Crippen LogP contribution in [0.1, 0.15) is 5.56 Å². The highest BCUT2D eigenvalue weighted by molar-refractivity contribution is 5.87. The lowest BCUT2D eigenvalue weighted by Gasteiger charge is -2.08. The highest BCUT2D eigenvalue weighted by atomic mass is 16.5. The lowest BCUT2D eigenvalue weighted by molar-refractivity contribution is -0.130.